The highest BCUT2D eigenvalue weighted by Crippen LogP contribution is 2.06. The number of aromatic nitrogens is 1. The van der Waals surface area contributed by atoms with Crippen LogP contribution in [0.25, 0.3) is 0 Å². The van der Waals surface area contributed by atoms with Gasteiger partial charge in [-0.05, 0) is 18.2 Å². The maximum absolute atomic E-state index is 13.4. The van der Waals surface area contributed by atoms with Crippen molar-refractivity contribution in [3.8, 4) is 11.8 Å². The minimum atomic E-state index is -0.364. The van der Waals surface area contributed by atoms with Crippen molar-refractivity contribution < 1.29 is 9.18 Å². The van der Waals surface area contributed by atoms with E-state index in [2.05, 4.69) is 22.1 Å². The number of pyridine rings is 1. The summed E-state index contributed by atoms with van der Waals surface area (Å²) in [5.74, 6) is 4.81. The quantitative estimate of drug-likeness (QED) is 0.838. The number of halogens is 1. The van der Waals surface area contributed by atoms with Gasteiger partial charge in [-0.15, -0.1) is 0 Å². The van der Waals surface area contributed by atoms with Crippen molar-refractivity contribution in [3.05, 3.63) is 65.2 Å². The first kappa shape index (κ1) is 14.7. The van der Waals surface area contributed by atoms with Crippen LogP contribution in [0.3, 0.4) is 0 Å². The molecule has 2 rings (SSSR count). The second-order valence-corrected chi connectivity index (χ2v) is 4.21. The van der Waals surface area contributed by atoms with Crippen LogP contribution < -0.4 is 11.1 Å². The van der Waals surface area contributed by atoms with Gasteiger partial charge in [-0.3, -0.25) is 4.79 Å². The van der Waals surface area contributed by atoms with E-state index in [1.807, 2.05) is 0 Å². The predicted molar refractivity (Wildman–Crippen MR) is 77.7 cm³/mol. The first-order valence-corrected chi connectivity index (χ1v) is 6.37. The number of hydrogen-bond acceptors (Lipinski definition) is 3. The van der Waals surface area contributed by atoms with E-state index in [-0.39, 0.29) is 30.5 Å². The molecule has 5 heteroatoms. The van der Waals surface area contributed by atoms with Gasteiger partial charge in [0, 0.05) is 23.9 Å². The Hall–Kier alpha value is -2.71. The molecule has 1 heterocycles. The fraction of sp³-hybridized carbons (Fsp3) is 0.125. The lowest BCUT2D eigenvalue weighted by Gasteiger charge is -2.05. The zero-order valence-electron chi connectivity index (χ0n) is 11.3. The molecule has 0 saturated heterocycles. The zero-order chi connectivity index (χ0) is 15.1. The predicted octanol–water partition coefficient (Wildman–Crippen LogP) is 1.46. The summed E-state index contributed by atoms with van der Waals surface area (Å²) in [6, 6.07) is 9.54. The van der Waals surface area contributed by atoms with Crippen molar-refractivity contribution in [2.75, 3.05) is 6.54 Å². The van der Waals surface area contributed by atoms with Crippen LogP contribution in [0.1, 0.15) is 21.6 Å². The summed E-state index contributed by atoms with van der Waals surface area (Å²) < 4.78 is 13.4. The topological polar surface area (TPSA) is 68.0 Å². The average Bonchev–Trinajstić information content (AvgIpc) is 2.52. The fourth-order valence-electron chi connectivity index (χ4n) is 1.66. The standard InChI is InChI=1S/C16H14FN3O/c17-14-6-2-1-5-13(14)11-20-16(21)15-8-7-12(10-19-15)4-3-9-18/h1-2,5-8,10H,9,11,18H2,(H,20,21). The Kier molecular flexibility index (Phi) is 5.02. The normalized spacial score (nSPS) is 9.62. The lowest BCUT2D eigenvalue weighted by atomic mass is 10.2. The largest absolute Gasteiger partial charge is 0.347 e. The molecule has 0 bridgehead atoms. The number of amides is 1. The van der Waals surface area contributed by atoms with Crippen LogP contribution in [0.2, 0.25) is 0 Å². The van der Waals surface area contributed by atoms with Gasteiger partial charge >= 0.3 is 0 Å². The maximum atomic E-state index is 13.4. The summed E-state index contributed by atoms with van der Waals surface area (Å²) in [6.07, 6.45) is 1.50. The van der Waals surface area contributed by atoms with E-state index >= 15 is 0 Å². The van der Waals surface area contributed by atoms with Crippen LogP contribution in [-0.2, 0) is 6.54 Å². The van der Waals surface area contributed by atoms with E-state index in [9.17, 15) is 9.18 Å². The van der Waals surface area contributed by atoms with Crippen molar-refractivity contribution in [1.29, 1.82) is 0 Å². The van der Waals surface area contributed by atoms with Gasteiger partial charge in [0.2, 0.25) is 0 Å². The number of benzene rings is 1. The fourth-order valence-corrected chi connectivity index (χ4v) is 1.66. The Balaban J connectivity index is 1.99. The lowest BCUT2D eigenvalue weighted by molar-refractivity contribution is 0.0945. The third-order valence-electron chi connectivity index (χ3n) is 2.73. The highest BCUT2D eigenvalue weighted by Gasteiger charge is 2.08. The van der Waals surface area contributed by atoms with E-state index in [1.54, 1.807) is 30.3 Å². The van der Waals surface area contributed by atoms with Crippen LogP contribution in [-0.4, -0.2) is 17.4 Å². The molecule has 1 aromatic carbocycles. The van der Waals surface area contributed by atoms with Crippen LogP contribution in [0.5, 0.6) is 0 Å². The maximum Gasteiger partial charge on any atom is 0.270 e. The molecule has 106 valence electrons. The monoisotopic (exact) mass is 283 g/mol. The van der Waals surface area contributed by atoms with Gasteiger partial charge < -0.3 is 11.1 Å². The molecular weight excluding hydrogens is 269 g/mol. The summed E-state index contributed by atoms with van der Waals surface area (Å²) in [5, 5.41) is 2.62. The Morgan fingerprint density at radius 1 is 1.29 bits per heavy atom. The molecule has 1 aromatic heterocycles. The number of hydrogen-bond donors (Lipinski definition) is 2. The van der Waals surface area contributed by atoms with Gasteiger partial charge in [-0.25, -0.2) is 9.37 Å². The zero-order valence-corrected chi connectivity index (χ0v) is 11.3. The number of carbonyl (C=O) groups is 1. The van der Waals surface area contributed by atoms with Crippen molar-refractivity contribution in [3.63, 3.8) is 0 Å². The highest BCUT2D eigenvalue weighted by molar-refractivity contribution is 5.92. The number of rotatable bonds is 3. The Labute approximate surface area is 122 Å². The third kappa shape index (κ3) is 4.13. The molecule has 2 aromatic rings. The van der Waals surface area contributed by atoms with Crippen LogP contribution in [0.4, 0.5) is 4.39 Å². The number of carbonyl (C=O) groups excluding carboxylic acids is 1. The summed E-state index contributed by atoms with van der Waals surface area (Å²) in [6.45, 7) is 0.382. The molecule has 3 N–H and O–H groups in total. The molecule has 21 heavy (non-hydrogen) atoms. The van der Waals surface area contributed by atoms with Gasteiger partial charge in [-0.1, -0.05) is 30.0 Å². The van der Waals surface area contributed by atoms with Gasteiger partial charge in [0.25, 0.3) is 5.91 Å². The van der Waals surface area contributed by atoms with E-state index in [4.69, 9.17) is 5.73 Å². The van der Waals surface area contributed by atoms with Gasteiger partial charge in [-0.2, -0.15) is 0 Å². The second-order valence-electron chi connectivity index (χ2n) is 4.21. The summed E-state index contributed by atoms with van der Waals surface area (Å²) in [5.41, 5.74) is 6.64. The first-order chi connectivity index (χ1) is 10.2. The van der Waals surface area contributed by atoms with Crippen molar-refractivity contribution >= 4 is 5.91 Å². The lowest BCUT2D eigenvalue weighted by Crippen LogP contribution is -2.24. The molecule has 0 unspecified atom stereocenters. The summed E-state index contributed by atoms with van der Waals surface area (Å²) in [4.78, 5) is 15.9. The molecule has 0 atom stereocenters. The Bertz CT molecular complexity index is 687. The molecule has 0 fully saturated rings. The number of nitrogens with zero attached hydrogens (tertiary/aromatic N) is 1. The summed E-state index contributed by atoms with van der Waals surface area (Å²) >= 11 is 0. The minimum Gasteiger partial charge on any atom is -0.347 e. The van der Waals surface area contributed by atoms with Gasteiger partial charge in [0.15, 0.2) is 0 Å². The van der Waals surface area contributed by atoms with E-state index in [0.717, 1.165) is 0 Å². The summed E-state index contributed by atoms with van der Waals surface area (Å²) in [7, 11) is 0. The Morgan fingerprint density at radius 2 is 2.10 bits per heavy atom. The van der Waals surface area contributed by atoms with Crippen LogP contribution in [0, 0.1) is 17.7 Å². The molecule has 0 radical (unpaired) electrons. The Morgan fingerprint density at radius 3 is 2.76 bits per heavy atom. The molecule has 1 amide bonds. The SMILES string of the molecule is NCC#Cc1ccc(C(=O)NCc2ccccc2F)nc1. The van der Waals surface area contributed by atoms with E-state index in [0.29, 0.717) is 11.1 Å². The van der Waals surface area contributed by atoms with Crippen LogP contribution in [0.15, 0.2) is 42.6 Å². The molecule has 0 spiro atoms. The molecule has 0 aliphatic rings. The van der Waals surface area contributed by atoms with Gasteiger partial charge in [0.05, 0.1) is 6.54 Å². The average molecular weight is 283 g/mol. The van der Waals surface area contributed by atoms with Crippen molar-refractivity contribution in [2.45, 2.75) is 6.54 Å². The number of nitrogens with one attached hydrogen (secondary N) is 1. The molecule has 0 aliphatic heterocycles. The molecule has 4 nitrogen and oxygen atoms in total. The van der Waals surface area contributed by atoms with E-state index in [1.165, 1.54) is 12.3 Å². The minimum absolute atomic E-state index is 0.113. The van der Waals surface area contributed by atoms with E-state index < -0.39 is 0 Å². The highest BCUT2D eigenvalue weighted by atomic mass is 19.1. The smallest absolute Gasteiger partial charge is 0.270 e. The molecule has 0 aliphatic carbocycles. The van der Waals surface area contributed by atoms with Crippen molar-refractivity contribution in [2.24, 2.45) is 5.73 Å². The third-order valence-corrected chi connectivity index (χ3v) is 2.73. The van der Waals surface area contributed by atoms with Gasteiger partial charge in [0.1, 0.15) is 11.5 Å². The molecule has 0 saturated carbocycles. The first-order valence-electron chi connectivity index (χ1n) is 6.37. The van der Waals surface area contributed by atoms with Crippen molar-refractivity contribution in [1.82, 2.24) is 10.3 Å². The number of nitrogens with two attached hydrogens (primary N) is 1. The second kappa shape index (κ2) is 7.17. The van der Waals surface area contributed by atoms with Crippen LogP contribution >= 0.6 is 0 Å². The molecular formula is C16H14FN3O.